The van der Waals surface area contributed by atoms with Gasteiger partial charge in [0.15, 0.2) is 5.13 Å². The summed E-state index contributed by atoms with van der Waals surface area (Å²) in [5.41, 5.74) is 0.827. The lowest BCUT2D eigenvalue weighted by atomic mass is 10.1. The monoisotopic (exact) mass is 359 g/mol. The Morgan fingerprint density at radius 3 is 2.84 bits per heavy atom. The highest BCUT2D eigenvalue weighted by Crippen LogP contribution is 2.33. The van der Waals surface area contributed by atoms with Crippen LogP contribution in [0.4, 0.5) is 9.52 Å². The molecule has 0 radical (unpaired) electrons. The van der Waals surface area contributed by atoms with E-state index in [1.807, 2.05) is 33.0 Å². The van der Waals surface area contributed by atoms with Gasteiger partial charge in [-0.2, -0.15) is 0 Å². The molecule has 1 atom stereocenters. The Hall–Kier alpha value is -2.05. The number of hydrogen-bond donors (Lipinski definition) is 1. The molecule has 4 nitrogen and oxygen atoms in total. The van der Waals surface area contributed by atoms with E-state index in [2.05, 4.69) is 15.2 Å². The minimum Gasteiger partial charge on any atom is -0.306 e. The first-order valence-corrected chi connectivity index (χ1v) is 9.40. The summed E-state index contributed by atoms with van der Waals surface area (Å²) < 4.78 is 14.3. The van der Waals surface area contributed by atoms with Gasteiger partial charge < -0.3 is 10.2 Å². The van der Waals surface area contributed by atoms with Gasteiger partial charge in [0.25, 0.3) is 0 Å². The number of fused-ring (bicyclic) bond motifs is 3. The molecule has 2 aromatic carbocycles. The fourth-order valence-electron chi connectivity index (χ4n) is 3.09. The predicted octanol–water partition coefficient (Wildman–Crippen LogP) is 4.51. The molecule has 1 N–H and O–H groups in total. The van der Waals surface area contributed by atoms with Crippen molar-refractivity contribution in [1.29, 1.82) is 0 Å². The summed E-state index contributed by atoms with van der Waals surface area (Å²) in [4.78, 5) is 19.0. The van der Waals surface area contributed by atoms with Crippen LogP contribution in [0.3, 0.4) is 0 Å². The van der Waals surface area contributed by atoms with Gasteiger partial charge in [-0.05, 0) is 49.7 Å². The van der Waals surface area contributed by atoms with Crippen molar-refractivity contribution in [3.63, 3.8) is 0 Å². The van der Waals surface area contributed by atoms with Crippen molar-refractivity contribution in [3.05, 3.63) is 36.1 Å². The van der Waals surface area contributed by atoms with Crippen molar-refractivity contribution >= 4 is 43.4 Å². The van der Waals surface area contributed by atoms with E-state index in [1.54, 1.807) is 6.07 Å². The van der Waals surface area contributed by atoms with Crippen LogP contribution in [0.25, 0.3) is 21.0 Å². The number of nitrogens with zero attached hydrogens (tertiary/aromatic N) is 2. The standard InChI is InChI=1S/C17H16FN3OS.C2H6/c1-21-7-6-11(9-21)16(22)20-17-19-14-5-2-10-8-12(18)3-4-13(10)15(14)23-17;1-2/h2-5,8,11H,6-7,9H2,1H3,(H,19,20,22);1-2H3. The molecule has 0 saturated carbocycles. The van der Waals surface area contributed by atoms with Crippen molar-refractivity contribution in [1.82, 2.24) is 9.88 Å². The molecule has 1 fully saturated rings. The molecule has 132 valence electrons. The topological polar surface area (TPSA) is 45.2 Å². The lowest BCUT2D eigenvalue weighted by Crippen LogP contribution is -2.25. The summed E-state index contributed by atoms with van der Waals surface area (Å²) >= 11 is 1.44. The van der Waals surface area contributed by atoms with E-state index < -0.39 is 0 Å². The lowest BCUT2D eigenvalue weighted by Gasteiger charge is -2.09. The van der Waals surface area contributed by atoms with Gasteiger partial charge in [0.2, 0.25) is 5.91 Å². The fraction of sp³-hybridized carbons (Fsp3) is 0.368. The number of amides is 1. The van der Waals surface area contributed by atoms with Gasteiger partial charge >= 0.3 is 0 Å². The van der Waals surface area contributed by atoms with E-state index in [0.29, 0.717) is 5.13 Å². The fourth-order valence-corrected chi connectivity index (χ4v) is 4.10. The maximum atomic E-state index is 13.3. The second-order valence-corrected chi connectivity index (χ2v) is 7.03. The van der Waals surface area contributed by atoms with Crippen LogP contribution in [0, 0.1) is 11.7 Å². The van der Waals surface area contributed by atoms with E-state index in [0.717, 1.165) is 40.5 Å². The maximum Gasteiger partial charge on any atom is 0.230 e. The first-order valence-electron chi connectivity index (χ1n) is 8.58. The maximum absolute atomic E-state index is 13.3. The molecule has 0 aliphatic carbocycles. The highest BCUT2D eigenvalue weighted by molar-refractivity contribution is 7.23. The molecule has 1 unspecified atom stereocenters. The molecule has 6 heteroatoms. The molecule has 0 spiro atoms. The van der Waals surface area contributed by atoms with Crippen LogP contribution in [0.15, 0.2) is 30.3 Å². The summed E-state index contributed by atoms with van der Waals surface area (Å²) in [6.45, 7) is 5.74. The Labute approximate surface area is 150 Å². The van der Waals surface area contributed by atoms with Crippen LogP contribution in [0.1, 0.15) is 20.3 Å². The number of nitrogens with one attached hydrogen (secondary N) is 1. The van der Waals surface area contributed by atoms with Crippen LogP contribution in [-0.4, -0.2) is 35.9 Å². The number of carbonyl (C=O) groups excluding carboxylic acids is 1. The number of anilines is 1. The zero-order valence-corrected chi connectivity index (χ0v) is 15.5. The third-order valence-electron chi connectivity index (χ3n) is 4.32. The molecule has 1 amide bonds. The second-order valence-electron chi connectivity index (χ2n) is 6.04. The third kappa shape index (κ3) is 3.65. The van der Waals surface area contributed by atoms with Crippen LogP contribution < -0.4 is 5.32 Å². The van der Waals surface area contributed by atoms with E-state index >= 15 is 0 Å². The van der Waals surface area contributed by atoms with Crippen LogP contribution in [0.5, 0.6) is 0 Å². The molecule has 1 aromatic heterocycles. The van der Waals surface area contributed by atoms with Crippen molar-refractivity contribution in [2.75, 3.05) is 25.5 Å². The number of carbonyl (C=O) groups is 1. The summed E-state index contributed by atoms with van der Waals surface area (Å²) in [5, 5.41) is 5.35. The number of thiazole rings is 1. The zero-order valence-electron chi connectivity index (χ0n) is 14.7. The minimum absolute atomic E-state index is 0.0258. The molecule has 4 rings (SSSR count). The van der Waals surface area contributed by atoms with Gasteiger partial charge in [-0.1, -0.05) is 31.3 Å². The SMILES string of the molecule is CC.CN1CCC(C(=O)Nc2nc3ccc4cc(F)ccc4c3s2)C1. The predicted molar refractivity (Wildman–Crippen MR) is 103 cm³/mol. The van der Waals surface area contributed by atoms with Gasteiger partial charge in [0.05, 0.1) is 16.1 Å². The van der Waals surface area contributed by atoms with E-state index in [1.165, 1.54) is 23.5 Å². The average molecular weight is 359 g/mol. The summed E-state index contributed by atoms with van der Waals surface area (Å²) in [6.07, 6.45) is 0.884. The van der Waals surface area contributed by atoms with Crippen molar-refractivity contribution in [3.8, 4) is 0 Å². The molecular weight excluding hydrogens is 337 g/mol. The van der Waals surface area contributed by atoms with Gasteiger partial charge in [-0.25, -0.2) is 9.37 Å². The van der Waals surface area contributed by atoms with Crippen molar-refractivity contribution in [2.24, 2.45) is 5.92 Å². The van der Waals surface area contributed by atoms with Crippen LogP contribution in [0.2, 0.25) is 0 Å². The van der Waals surface area contributed by atoms with Crippen molar-refractivity contribution < 1.29 is 9.18 Å². The number of aromatic nitrogens is 1. The molecular formula is C19H22FN3OS. The largest absolute Gasteiger partial charge is 0.306 e. The lowest BCUT2D eigenvalue weighted by molar-refractivity contribution is -0.119. The van der Waals surface area contributed by atoms with Gasteiger partial charge in [0.1, 0.15) is 5.82 Å². The van der Waals surface area contributed by atoms with Crippen LogP contribution in [-0.2, 0) is 4.79 Å². The van der Waals surface area contributed by atoms with Crippen LogP contribution >= 0.6 is 11.3 Å². The smallest absolute Gasteiger partial charge is 0.230 e. The van der Waals surface area contributed by atoms with Gasteiger partial charge in [-0.15, -0.1) is 0 Å². The molecule has 2 heterocycles. The first-order chi connectivity index (χ1) is 12.1. The number of hydrogen-bond acceptors (Lipinski definition) is 4. The summed E-state index contributed by atoms with van der Waals surface area (Å²) in [7, 11) is 2.02. The molecule has 1 aliphatic heterocycles. The molecule has 25 heavy (non-hydrogen) atoms. The number of likely N-dealkylation sites (tertiary alicyclic amines) is 1. The quantitative estimate of drug-likeness (QED) is 0.732. The Bertz CT molecular complexity index is 908. The number of benzene rings is 2. The third-order valence-corrected chi connectivity index (χ3v) is 5.34. The Kier molecular flexibility index (Phi) is 5.30. The average Bonchev–Trinajstić information content (AvgIpc) is 3.22. The molecule has 0 bridgehead atoms. The summed E-state index contributed by atoms with van der Waals surface area (Å²) in [5.74, 6) is -0.193. The van der Waals surface area contributed by atoms with E-state index in [4.69, 9.17) is 0 Å². The van der Waals surface area contributed by atoms with E-state index in [-0.39, 0.29) is 17.6 Å². The second kappa shape index (κ2) is 7.45. The number of rotatable bonds is 2. The number of halogens is 1. The van der Waals surface area contributed by atoms with Crippen molar-refractivity contribution in [2.45, 2.75) is 20.3 Å². The summed E-state index contributed by atoms with van der Waals surface area (Å²) in [6, 6.07) is 8.46. The highest BCUT2D eigenvalue weighted by atomic mass is 32.1. The van der Waals surface area contributed by atoms with Gasteiger partial charge in [-0.3, -0.25) is 4.79 Å². The highest BCUT2D eigenvalue weighted by Gasteiger charge is 2.26. The van der Waals surface area contributed by atoms with Gasteiger partial charge in [0, 0.05) is 11.9 Å². The Morgan fingerprint density at radius 1 is 1.32 bits per heavy atom. The molecule has 3 aromatic rings. The Balaban J connectivity index is 0.000000880. The Morgan fingerprint density at radius 2 is 2.12 bits per heavy atom. The minimum atomic E-state index is -0.250. The zero-order chi connectivity index (χ0) is 18.0. The molecule has 1 saturated heterocycles. The normalized spacial score (nSPS) is 17.5. The molecule has 1 aliphatic rings. The van der Waals surface area contributed by atoms with E-state index in [9.17, 15) is 9.18 Å². The first kappa shape index (κ1) is 17.8.